The van der Waals surface area contributed by atoms with Crippen molar-refractivity contribution in [2.45, 2.75) is 4.90 Å². The van der Waals surface area contributed by atoms with Gasteiger partial charge in [0.2, 0.25) is 0 Å². The minimum absolute atomic E-state index is 0.247. The van der Waals surface area contributed by atoms with Gasteiger partial charge in [-0.25, -0.2) is 0 Å². The van der Waals surface area contributed by atoms with Crippen LogP contribution < -0.4 is 5.32 Å². The molecule has 0 bridgehead atoms. The fourth-order valence-electron chi connectivity index (χ4n) is 1.61. The van der Waals surface area contributed by atoms with Crippen molar-refractivity contribution >= 4 is 46.6 Å². The van der Waals surface area contributed by atoms with Crippen LogP contribution in [0.3, 0.4) is 0 Å². The van der Waals surface area contributed by atoms with Crippen molar-refractivity contribution in [1.82, 2.24) is 0 Å². The van der Waals surface area contributed by atoms with Crippen LogP contribution in [0.25, 0.3) is 0 Å². The zero-order chi connectivity index (χ0) is 13.8. The summed E-state index contributed by atoms with van der Waals surface area (Å²) in [6, 6.07) is 12.4. The van der Waals surface area contributed by atoms with Crippen molar-refractivity contribution < 1.29 is 4.79 Å². The summed E-state index contributed by atoms with van der Waals surface area (Å²) in [5.74, 6) is -0.247. The number of carbonyl (C=O) groups excluding carboxylic acids is 1. The summed E-state index contributed by atoms with van der Waals surface area (Å²) in [6.45, 7) is 0. The van der Waals surface area contributed by atoms with Gasteiger partial charge in [-0.3, -0.25) is 4.79 Å². The molecular weight excluding hydrogens is 301 g/mol. The number of hydrogen-bond acceptors (Lipinski definition) is 2. The van der Waals surface area contributed by atoms with Crippen molar-refractivity contribution in [3.05, 3.63) is 58.1 Å². The highest BCUT2D eigenvalue weighted by Gasteiger charge is 2.12. The first-order valence-electron chi connectivity index (χ1n) is 5.51. The quantitative estimate of drug-likeness (QED) is 0.811. The third kappa shape index (κ3) is 3.44. The molecule has 0 fully saturated rings. The van der Waals surface area contributed by atoms with Gasteiger partial charge >= 0.3 is 0 Å². The Kier molecular flexibility index (Phi) is 4.75. The van der Waals surface area contributed by atoms with Crippen LogP contribution in [-0.4, -0.2) is 12.2 Å². The molecule has 0 atom stereocenters. The van der Waals surface area contributed by atoms with E-state index in [1.807, 2.05) is 30.5 Å². The second kappa shape index (κ2) is 6.33. The molecule has 1 amide bonds. The largest absolute Gasteiger partial charge is 0.321 e. The number of carbonyl (C=O) groups is 1. The van der Waals surface area contributed by atoms with E-state index >= 15 is 0 Å². The molecule has 0 aliphatic carbocycles. The summed E-state index contributed by atoms with van der Waals surface area (Å²) >= 11 is 13.4. The molecule has 2 nitrogen and oxygen atoms in total. The second-order valence-corrected chi connectivity index (χ2v) is 5.47. The molecule has 1 N–H and O–H groups in total. The van der Waals surface area contributed by atoms with Crippen LogP contribution in [0.2, 0.25) is 10.0 Å². The number of amides is 1. The molecule has 0 spiro atoms. The highest BCUT2D eigenvalue weighted by molar-refractivity contribution is 7.98. The smallest absolute Gasteiger partial charge is 0.257 e. The van der Waals surface area contributed by atoms with Crippen molar-refractivity contribution in [2.24, 2.45) is 0 Å². The Labute approximate surface area is 126 Å². The molecule has 2 rings (SSSR count). The Balaban J connectivity index is 2.26. The molecule has 0 saturated heterocycles. The first-order chi connectivity index (χ1) is 9.11. The standard InChI is InChI=1S/C14H11Cl2NOS/c1-19-13-5-3-2-4-12(13)17-14(18)10-7-6-9(15)8-11(10)16/h2-8H,1H3,(H,17,18). The van der Waals surface area contributed by atoms with Gasteiger partial charge in [-0.15, -0.1) is 11.8 Å². The van der Waals surface area contributed by atoms with Crippen LogP contribution in [0.15, 0.2) is 47.4 Å². The van der Waals surface area contributed by atoms with E-state index in [2.05, 4.69) is 5.32 Å². The molecule has 98 valence electrons. The average Bonchev–Trinajstić information content (AvgIpc) is 2.39. The predicted molar refractivity (Wildman–Crippen MR) is 82.6 cm³/mol. The van der Waals surface area contributed by atoms with Crippen LogP contribution in [0.4, 0.5) is 5.69 Å². The van der Waals surface area contributed by atoms with E-state index in [1.165, 1.54) is 0 Å². The lowest BCUT2D eigenvalue weighted by Gasteiger charge is -2.10. The van der Waals surface area contributed by atoms with Gasteiger partial charge < -0.3 is 5.32 Å². The van der Waals surface area contributed by atoms with Crippen LogP contribution in [0, 0.1) is 0 Å². The van der Waals surface area contributed by atoms with Gasteiger partial charge in [0.05, 0.1) is 16.3 Å². The lowest BCUT2D eigenvalue weighted by Crippen LogP contribution is -2.13. The lowest BCUT2D eigenvalue weighted by molar-refractivity contribution is 0.102. The Morgan fingerprint density at radius 3 is 2.58 bits per heavy atom. The molecule has 0 unspecified atom stereocenters. The number of halogens is 2. The van der Waals surface area contributed by atoms with Crippen molar-refractivity contribution in [3.8, 4) is 0 Å². The number of benzene rings is 2. The molecule has 0 aromatic heterocycles. The maximum atomic E-state index is 12.2. The van der Waals surface area contributed by atoms with Gasteiger partial charge in [0, 0.05) is 9.92 Å². The van der Waals surface area contributed by atoms with E-state index < -0.39 is 0 Å². The van der Waals surface area contributed by atoms with E-state index in [4.69, 9.17) is 23.2 Å². The van der Waals surface area contributed by atoms with E-state index in [0.717, 1.165) is 10.6 Å². The average molecular weight is 312 g/mol. The van der Waals surface area contributed by atoms with Crippen molar-refractivity contribution in [1.29, 1.82) is 0 Å². The summed E-state index contributed by atoms with van der Waals surface area (Å²) in [4.78, 5) is 13.2. The highest BCUT2D eigenvalue weighted by Crippen LogP contribution is 2.26. The zero-order valence-corrected chi connectivity index (χ0v) is 12.4. The number of rotatable bonds is 3. The Bertz CT molecular complexity index is 616. The monoisotopic (exact) mass is 311 g/mol. The molecule has 0 heterocycles. The van der Waals surface area contributed by atoms with Crippen LogP contribution in [0.5, 0.6) is 0 Å². The van der Waals surface area contributed by atoms with Crippen LogP contribution in [0.1, 0.15) is 10.4 Å². The zero-order valence-electron chi connectivity index (χ0n) is 10.1. The molecule has 0 aliphatic rings. The van der Waals surface area contributed by atoms with Gasteiger partial charge in [0.25, 0.3) is 5.91 Å². The van der Waals surface area contributed by atoms with Crippen molar-refractivity contribution in [2.75, 3.05) is 11.6 Å². The maximum Gasteiger partial charge on any atom is 0.257 e. The molecule has 0 radical (unpaired) electrons. The summed E-state index contributed by atoms with van der Waals surface area (Å²) in [6.07, 6.45) is 1.96. The minimum Gasteiger partial charge on any atom is -0.321 e. The molecule has 0 saturated carbocycles. The van der Waals surface area contributed by atoms with Gasteiger partial charge in [-0.2, -0.15) is 0 Å². The van der Waals surface area contributed by atoms with E-state index in [1.54, 1.807) is 30.0 Å². The summed E-state index contributed by atoms with van der Waals surface area (Å²) in [5, 5.41) is 3.70. The Hall–Kier alpha value is -1.16. The first-order valence-corrected chi connectivity index (χ1v) is 7.49. The minimum atomic E-state index is -0.247. The SMILES string of the molecule is CSc1ccccc1NC(=O)c1ccc(Cl)cc1Cl. The fourth-order valence-corrected chi connectivity index (χ4v) is 2.66. The van der Waals surface area contributed by atoms with E-state index in [9.17, 15) is 4.79 Å². The number of anilines is 1. The third-order valence-electron chi connectivity index (χ3n) is 2.53. The number of thioether (sulfide) groups is 1. The molecule has 19 heavy (non-hydrogen) atoms. The Morgan fingerprint density at radius 2 is 1.89 bits per heavy atom. The maximum absolute atomic E-state index is 12.2. The summed E-state index contributed by atoms with van der Waals surface area (Å²) in [5.41, 5.74) is 1.17. The number of para-hydroxylation sites is 1. The highest BCUT2D eigenvalue weighted by atomic mass is 35.5. The normalized spacial score (nSPS) is 10.3. The Morgan fingerprint density at radius 1 is 1.16 bits per heavy atom. The summed E-state index contributed by atoms with van der Waals surface area (Å²) < 4.78 is 0. The van der Waals surface area contributed by atoms with Crippen LogP contribution in [-0.2, 0) is 0 Å². The lowest BCUT2D eigenvalue weighted by atomic mass is 10.2. The van der Waals surface area contributed by atoms with E-state index in [-0.39, 0.29) is 5.91 Å². The van der Waals surface area contributed by atoms with Gasteiger partial charge in [-0.1, -0.05) is 35.3 Å². The molecule has 2 aromatic rings. The van der Waals surface area contributed by atoms with Gasteiger partial charge in [0.15, 0.2) is 0 Å². The second-order valence-electron chi connectivity index (χ2n) is 3.78. The van der Waals surface area contributed by atoms with Crippen molar-refractivity contribution in [3.63, 3.8) is 0 Å². The number of nitrogens with one attached hydrogen (secondary N) is 1. The van der Waals surface area contributed by atoms with E-state index in [0.29, 0.717) is 15.6 Å². The fraction of sp³-hybridized carbons (Fsp3) is 0.0714. The predicted octanol–water partition coefficient (Wildman–Crippen LogP) is 4.97. The third-order valence-corrected chi connectivity index (χ3v) is 3.87. The summed E-state index contributed by atoms with van der Waals surface area (Å²) in [7, 11) is 0. The van der Waals surface area contributed by atoms with Crippen LogP contribution >= 0.6 is 35.0 Å². The molecular formula is C14H11Cl2NOS. The van der Waals surface area contributed by atoms with Gasteiger partial charge in [0.1, 0.15) is 0 Å². The molecule has 2 aromatic carbocycles. The topological polar surface area (TPSA) is 29.1 Å². The van der Waals surface area contributed by atoms with Gasteiger partial charge in [-0.05, 0) is 36.6 Å². The first kappa shape index (κ1) is 14.3. The molecule has 0 aliphatic heterocycles. The molecule has 5 heteroatoms. The number of hydrogen-bond donors (Lipinski definition) is 1.